The van der Waals surface area contributed by atoms with Crippen LogP contribution in [0, 0.1) is 0 Å². The van der Waals surface area contributed by atoms with E-state index in [4.69, 9.17) is 4.74 Å². The summed E-state index contributed by atoms with van der Waals surface area (Å²) in [5.41, 5.74) is 0. The Bertz CT molecular complexity index is 409. The third-order valence-electron chi connectivity index (χ3n) is 2.57. The van der Waals surface area contributed by atoms with E-state index in [0.717, 1.165) is 6.54 Å². The molecule has 1 unspecified atom stereocenters. The number of hydrogen-bond acceptors (Lipinski definition) is 5. The van der Waals surface area contributed by atoms with Gasteiger partial charge in [-0.05, 0) is 18.4 Å². The van der Waals surface area contributed by atoms with Crippen molar-refractivity contribution in [3.8, 4) is 0 Å². The van der Waals surface area contributed by atoms with Crippen LogP contribution < -0.4 is 16.0 Å². The van der Waals surface area contributed by atoms with Gasteiger partial charge in [-0.25, -0.2) is 0 Å². The lowest BCUT2D eigenvalue weighted by Crippen LogP contribution is -2.46. The van der Waals surface area contributed by atoms with Gasteiger partial charge in [0.1, 0.15) is 6.04 Å². The van der Waals surface area contributed by atoms with E-state index in [1.807, 2.05) is 5.38 Å². The van der Waals surface area contributed by atoms with E-state index < -0.39 is 6.04 Å². The fourth-order valence-corrected chi connectivity index (χ4v) is 2.09. The van der Waals surface area contributed by atoms with E-state index in [1.54, 1.807) is 26.2 Å². The molecule has 3 N–H and O–H groups in total. The van der Waals surface area contributed by atoms with Gasteiger partial charge in [0, 0.05) is 26.7 Å². The van der Waals surface area contributed by atoms with Crippen LogP contribution in [0.15, 0.2) is 17.5 Å². The molecule has 0 aliphatic carbocycles. The number of ether oxygens (including phenoxy) is 1. The number of amides is 2. The first-order valence-corrected chi connectivity index (χ1v) is 7.35. The summed E-state index contributed by atoms with van der Waals surface area (Å²) in [5.74, 6) is -0.413. The highest BCUT2D eigenvalue weighted by Gasteiger charge is 2.16. The molecule has 112 valence electrons. The van der Waals surface area contributed by atoms with Crippen LogP contribution in [0.5, 0.6) is 0 Å². The Morgan fingerprint density at radius 2 is 2.15 bits per heavy atom. The number of thiophene rings is 1. The molecule has 0 aliphatic heterocycles. The van der Waals surface area contributed by atoms with Crippen LogP contribution >= 0.6 is 11.3 Å². The lowest BCUT2D eigenvalue weighted by Gasteiger charge is -2.13. The minimum atomic E-state index is -0.552. The highest BCUT2D eigenvalue weighted by Crippen LogP contribution is 2.07. The minimum Gasteiger partial charge on any atom is -0.383 e. The van der Waals surface area contributed by atoms with Gasteiger partial charge in [-0.1, -0.05) is 6.07 Å². The Kier molecular flexibility index (Phi) is 7.86. The highest BCUT2D eigenvalue weighted by atomic mass is 32.1. The third-order valence-corrected chi connectivity index (χ3v) is 3.44. The average molecular weight is 299 g/mol. The Hall–Kier alpha value is -1.44. The first-order valence-electron chi connectivity index (χ1n) is 6.47. The zero-order valence-electron chi connectivity index (χ0n) is 11.8. The molecule has 0 fully saturated rings. The summed E-state index contributed by atoms with van der Waals surface area (Å²) in [6.07, 6.45) is 0. The largest absolute Gasteiger partial charge is 0.383 e. The Morgan fingerprint density at radius 1 is 1.35 bits per heavy atom. The molecule has 6 nitrogen and oxygen atoms in total. The normalized spacial score (nSPS) is 11.9. The molecule has 2 amide bonds. The highest BCUT2D eigenvalue weighted by molar-refractivity contribution is 7.12. The average Bonchev–Trinajstić information content (AvgIpc) is 2.96. The van der Waals surface area contributed by atoms with Crippen LogP contribution in [0.25, 0.3) is 0 Å². The number of hydrogen-bond donors (Lipinski definition) is 3. The van der Waals surface area contributed by atoms with Gasteiger partial charge in [0.15, 0.2) is 0 Å². The fourth-order valence-electron chi connectivity index (χ4n) is 1.47. The van der Waals surface area contributed by atoms with Crippen molar-refractivity contribution in [3.05, 3.63) is 22.4 Å². The first-order chi connectivity index (χ1) is 9.65. The van der Waals surface area contributed by atoms with E-state index in [1.165, 1.54) is 11.3 Å². The summed E-state index contributed by atoms with van der Waals surface area (Å²) in [5, 5.41) is 10.4. The van der Waals surface area contributed by atoms with Gasteiger partial charge >= 0.3 is 0 Å². The summed E-state index contributed by atoms with van der Waals surface area (Å²) < 4.78 is 4.89. The Morgan fingerprint density at radius 3 is 2.80 bits per heavy atom. The molecule has 1 atom stereocenters. The topological polar surface area (TPSA) is 79.5 Å². The van der Waals surface area contributed by atoms with Crippen LogP contribution in [0.3, 0.4) is 0 Å². The Balaban J connectivity index is 2.17. The second-order valence-corrected chi connectivity index (χ2v) is 5.15. The summed E-state index contributed by atoms with van der Waals surface area (Å²) in [4.78, 5) is 24.1. The second-order valence-electron chi connectivity index (χ2n) is 4.21. The van der Waals surface area contributed by atoms with Crippen LogP contribution in [0.2, 0.25) is 0 Å². The van der Waals surface area contributed by atoms with Crippen molar-refractivity contribution in [1.29, 1.82) is 0 Å². The molecule has 1 heterocycles. The molecule has 1 aromatic rings. The number of carbonyl (C=O) groups is 2. The van der Waals surface area contributed by atoms with Crippen molar-refractivity contribution in [2.24, 2.45) is 0 Å². The summed E-state index contributed by atoms with van der Waals surface area (Å²) in [6.45, 7) is 4.24. The third kappa shape index (κ3) is 6.14. The van der Waals surface area contributed by atoms with Gasteiger partial charge in [0.2, 0.25) is 5.91 Å². The quantitative estimate of drug-likeness (QED) is 0.570. The maximum Gasteiger partial charge on any atom is 0.261 e. The molecular formula is C13H21N3O3S. The summed E-state index contributed by atoms with van der Waals surface area (Å²) in [6, 6.07) is 2.98. The SMILES string of the molecule is COCCNCCNC(=O)C(C)NC(=O)c1cccs1. The molecule has 0 spiro atoms. The van der Waals surface area contributed by atoms with Gasteiger partial charge < -0.3 is 20.7 Å². The van der Waals surface area contributed by atoms with Crippen molar-refractivity contribution in [2.75, 3.05) is 33.4 Å². The van der Waals surface area contributed by atoms with Gasteiger partial charge in [0.25, 0.3) is 5.91 Å². The zero-order valence-corrected chi connectivity index (χ0v) is 12.6. The smallest absolute Gasteiger partial charge is 0.261 e. The van der Waals surface area contributed by atoms with Crippen molar-refractivity contribution >= 4 is 23.2 Å². The molecule has 0 aliphatic rings. The number of rotatable bonds is 9. The minimum absolute atomic E-state index is 0.191. The molecule has 0 bridgehead atoms. The van der Waals surface area contributed by atoms with Gasteiger partial charge in [-0.2, -0.15) is 0 Å². The molecule has 0 saturated carbocycles. The van der Waals surface area contributed by atoms with Crippen LogP contribution in [-0.4, -0.2) is 51.2 Å². The van der Waals surface area contributed by atoms with Crippen molar-refractivity contribution in [2.45, 2.75) is 13.0 Å². The maximum atomic E-state index is 11.8. The van der Waals surface area contributed by atoms with E-state index >= 15 is 0 Å². The van der Waals surface area contributed by atoms with E-state index in [0.29, 0.717) is 24.6 Å². The molecule has 20 heavy (non-hydrogen) atoms. The van der Waals surface area contributed by atoms with Gasteiger partial charge in [0.05, 0.1) is 11.5 Å². The number of methoxy groups -OCH3 is 1. The molecule has 1 rings (SSSR count). The van der Waals surface area contributed by atoms with Crippen LogP contribution in [-0.2, 0) is 9.53 Å². The fraction of sp³-hybridized carbons (Fsp3) is 0.538. The summed E-state index contributed by atoms with van der Waals surface area (Å²) >= 11 is 1.35. The molecule has 7 heteroatoms. The molecule has 0 saturated heterocycles. The standard InChI is InChI=1S/C13H21N3O3S/c1-10(16-13(18)11-4-3-9-20-11)12(17)15-6-5-14-7-8-19-2/h3-4,9-10,14H,5-8H2,1-2H3,(H,15,17)(H,16,18). The molecule has 0 aromatic carbocycles. The molecular weight excluding hydrogens is 278 g/mol. The maximum absolute atomic E-state index is 11.8. The summed E-state index contributed by atoms with van der Waals surface area (Å²) in [7, 11) is 1.64. The zero-order chi connectivity index (χ0) is 14.8. The second kappa shape index (κ2) is 9.46. The van der Waals surface area contributed by atoms with Crippen LogP contribution in [0.1, 0.15) is 16.6 Å². The molecule has 0 radical (unpaired) electrons. The van der Waals surface area contributed by atoms with Gasteiger partial charge in [-0.3, -0.25) is 9.59 Å². The number of carbonyl (C=O) groups excluding carboxylic acids is 2. The van der Waals surface area contributed by atoms with E-state index in [-0.39, 0.29) is 11.8 Å². The monoisotopic (exact) mass is 299 g/mol. The predicted molar refractivity (Wildman–Crippen MR) is 79.0 cm³/mol. The van der Waals surface area contributed by atoms with Gasteiger partial charge in [-0.15, -0.1) is 11.3 Å². The van der Waals surface area contributed by atoms with E-state index in [9.17, 15) is 9.59 Å². The van der Waals surface area contributed by atoms with E-state index in [2.05, 4.69) is 16.0 Å². The van der Waals surface area contributed by atoms with Crippen LogP contribution in [0.4, 0.5) is 0 Å². The Labute approximate surface area is 122 Å². The lowest BCUT2D eigenvalue weighted by molar-refractivity contribution is -0.122. The first kappa shape index (κ1) is 16.6. The lowest BCUT2D eigenvalue weighted by atomic mass is 10.3. The number of nitrogens with one attached hydrogen (secondary N) is 3. The van der Waals surface area contributed by atoms with Crippen molar-refractivity contribution < 1.29 is 14.3 Å². The van der Waals surface area contributed by atoms with Crippen molar-refractivity contribution in [3.63, 3.8) is 0 Å². The molecule has 1 aromatic heterocycles. The van der Waals surface area contributed by atoms with Crippen molar-refractivity contribution in [1.82, 2.24) is 16.0 Å². The predicted octanol–water partition coefficient (Wildman–Crippen LogP) is 0.219.